The van der Waals surface area contributed by atoms with Gasteiger partial charge in [0.2, 0.25) is 0 Å². The molecule has 2 N–H and O–H groups in total. The van der Waals surface area contributed by atoms with Gasteiger partial charge in [0.1, 0.15) is 0 Å². The summed E-state index contributed by atoms with van der Waals surface area (Å²) in [6.45, 7) is 5.30. The first-order valence-electron chi connectivity index (χ1n) is 6.84. The maximum absolute atomic E-state index is 5.99. The third-order valence-electron chi connectivity index (χ3n) is 4.28. The summed E-state index contributed by atoms with van der Waals surface area (Å²) in [4.78, 5) is 2.42. The fourth-order valence-electron chi connectivity index (χ4n) is 2.99. The number of rotatable bonds is 4. The maximum atomic E-state index is 5.99. The van der Waals surface area contributed by atoms with E-state index in [1.54, 1.807) is 0 Å². The number of nitrogens with zero attached hydrogens (tertiary/aromatic N) is 1. The minimum atomic E-state index is 0.0652. The molecule has 2 saturated heterocycles. The molecule has 2 rings (SSSR count). The Balaban J connectivity index is 1.89. The van der Waals surface area contributed by atoms with Crippen molar-refractivity contribution in [3.8, 4) is 0 Å². The molecule has 0 radical (unpaired) electrons. The highest BCUT2D eigenvalue weighted by molar-refractivity contribution is 4.93. The van der Waals surface area contributed by atoms with Gasteiger partial charge in [-0.25, -0.2) is 0 Å². The first-order chi connectivity index (χ1) is 8.27. The number of likely N-dealkylation sites (N-methyl/N-ethyl adjacent to an activating group) is 1. The molecule has 2 heterocycles. The van der Waals surface area contributed by atoms with Crippen LogP contribution in [-0.2, 0) is 9.47 Å². The van der Waals surface area contributed by atoms with Gasteiger partial charge in [0.15, 0.2) is 0 Å². The second-order valence-electron chi connectivity index (χ2n) is 5.55. The molecule has 0 aromatic heterocycles. The van der Waals surface area contributed by atoms with Gasteiger partial charge in [-0.05, 0) is 38.6 Å². The average molecular weight is 242 g/mol. The number of hydrogen-bond donors (Lipinski definition) is 1. The van der Waals surface area contributed by atoms with Crippen molar-refractivity contribution >= 4 is 0 Å². The van der Waals surface area contributed by atoms with Gasteiger partial charge in [0.25, 0.3) is 0 Å². The summed E-state index contributed by atoms with van der Waals surface area (Å²) < 4.78 is 11.2. The van der Waals surface area contributed by atoms with E-state index in [0.717, 1.165) is 45.8 Å². The quantitative estimate of drug-likeness (QED) is 0.794. The molecule has 0 aromatic carbocycles. The maximum Gasteiger partial charge on any atom is 0.0662 e. The lowest BCUT2D eigenvalue weighted by Gasteiger charge is -2.45. The fourth-order valence-corrected chi connectivity index (χ4v) is 2.99. The van der Waals surface area contributed by atoms with Crippen molar-refractivity contribution in [3.05, 3.63) is 0 Å². The highest BCUT2D eigenvalue weighted by atomic mass is 16.5. The Labute approximate surface area is 104 Å². The lowest BCUT2D eigenvalue weighted by atomic mass is 9.89. The first kappa shape index (κ1) is 13.3. The Morgan fingerprint density at radius 1 is 1.29 bits per heavy atom. The zero-order chi connectivity index (χ0) is 12.1. The first-order valence-corrected chi connectivity index (χ1v) is 6.84. The molecule has 2 fully saturated rings. The molecule has 0 spiro atoms. The van der Waals surface area contributed by atoms with Gasteiger partial charge in [-0.3, -0.25) is 4.90 Å². The zero-order valence-corrected chi connectivity index (χ0v) is 11.0. The van der Waals surface area contributed by atoms with Crippen LogP contribution in [0.25, 0.3) is 0 Å². The second-order valence-corrected chi connectivity index (χ2v) is 5.55. The van der Waals surface area contributed by atoms with Gasteiger partial charge in [-0.2, -0.15) is 0 Å². The van der Waals surface area contributed by atoms with E-state index >= 15 is 0 Å². The summed E-state index contributed by atoms with van der Waals surface area (Å²) in [6.07, 6.45) is 4.77. The van der Waals surface area contributed by atoms with Crippen LogP contribution in [0.4, 0.5) is 0 Å². The minimum Gasteiger partial charge on any atom is -0.381 e. The molecule has 0 amide bonds. The van der Waals surface area contributed by atoms with Crippen molar-refractivity contribution in [2.45, 2.75) is 31.2 Å². The summed E-state index contributed by atoms with van der Waals surface area (Å²) in [7, 11) is 2.19. The molecule has 0 aromatic rings. The van der Waals surface area contributed by atoms with E-state index in [9.17, 15) is 0 Å². The van der Waals surface area contributed by atoms with Crippen LogP contribution in [0, 0.1) is 5.92 Å². The molecular weight excluding hydrogens is 216 g/mol. The normalized spacial score (nSPS) is 35.1. The van der Waals surface area contributed by atoms with Crippen molar-refractivity contribution in [2.24, 2.45) is 11.7 Å². The smallest absolute Gasteiger partial charge is 0.0662 e. The number of hydrogen-bond acceptors (Lipinski definition) is 4. The highest BCUT2D eigenvalue weighted by Crippen LogP contribution is 2.26. The van der Waals surface area contributed by atoms with Crippen molar-refractivity contribution in [1.29, 1.82) is 0 Å². The standard InChI is InChI=1S/C13H26N2O2/c1-15(8-12-4-2-6-16-9-12)13(10-14)5-3-7-17-11-13/h12H,2-11,14H2,1H3. The van der Waals surface area contributed by atoms with E-state index in [1.165, 1.54) is 12.8 Å². The van der Waals surface area contributed by atoms with Gasteiger partial charge in [0.05, 0.1) is 18.8 Å². The average Bonchev–Trinajstić information content (AvgIpc) is 2.40. The van der Waals surface area contributed by atoms with Gasteiger partial charge in [0, 0.05) is 26.3 Å². The van der Waals surface area contributed by atoms with E-state index in [0.29, 0.717) is 12.5 Å². The van der Waals surface area contributed by atoms with Crippen LogP contribution in [0.3, 0.4) is 0 Å². The minimum absolute atomic E-state index is 0.0652. The van der Waals surface area contributed by atoms with E-state index in [4.69, 9.17) is 15.2 Å². The molecule has 17 heavy (non-hydrogen) atoms. The SMILES string of the molecule is CN(CC1CCCOC1)C1(CN)CCCOC1. The second kappa shape index (κ2) is 6.14. The number of nitrogens with two attached hydrogens (primary N) is 1. The third kappa shape index (κ3) is 3.19. The monoisotopic (exact) mass is 242 g/mol. The molecule has 2 aliphatic rings. The molecule has 0 bridgehead atoms. The number of ether oxygens (including phenoxy) is 2. The van der Waals surface area contributed by atoms with Gasteiger partial charge in [-0.1, -0.05) is 0 Å². The lowest BCUT2D eigenvalue weighted by molar-refractivity contribution is -0.0495. The molecule has 0 saturated carbocycles. The fraction of sp³-hybridized carbons (Fsp3) is 1.00. The summed E-state index contributed by atoms with van der Waals surface area (Å²) in [5.74, 6) is 0.666. The molecule has 0 aliphatic carbocycles. The van der Waals surface area contributed by atoms with Gasteiger partial charge in [-0.15, -0.1) is 0 Å². The van der Waals surface area contributed by atoms with Gasteiger partial charge >= 0.3 is 0 Å². The van der Waals surface area contributed by atoms with E-state index in [1.807, 2.05) is 0 Å². The third-order valence-corrected chi connectivity index (χ3v) is 4.28. The van der Waals surface area contributed by atoms with Crippen LogP contribution in [0.1, 0.15) is 25.7 Å². The van der Waals surface area contributed by atoms with Crippen LogP contribution < -0.4 is 5.73 Å². The van der Waals surface area contributed by atoms with Crippen LogP contribution in [0.5, 0.6) is 0 Å². The summed E-state index contributed by atoms with van der Waals surface area (Å²) >= 11 is 0. The van der Waals surface area contributed by atoms with Crippen molar-refractivity contribution < 1.29 is 9.47 Å². The summed E-state index contributed by atoms with van der Waals surface area (Å²) in [5, 5.41) is 0. The van der Waals surface area contributed by atoms with Crippen LogP contribution in [0.15, 0.2) is 0 Å². The molecular formula is C13H26N2O2. The summed E-state index contributed by atoms with van der Waals surface area (Å²) in [5.41, 5.74) is 6.06. The summed E-state index contributed by atoms with van der Waals surface area (Å²) in [6, 6.07) is 0. The molecule has 2 aliphatic heterocycles. The van der Waals surface area contributed by atoms with Gasteiger partial charge < -0.3 is 15.2 Å². The molecule has 100 valence electrons. The van der Waals surface area contributed by atoms with Crippen molar-refractivity contribution in [2.75, 3.05) is 46.6 Å². The Kier molecular flexibility index (Phi) is 4.79. The molecule has 2 unspecified atom stereocenters. The Morgan fingerprint density at radius 3 is 2.71 bits per heavy atom. The Hall–Kier alpha value is -0.160. The van der Waals surface area contributed by atoms with Crippen LogP contribution >= 0.6 is 0 Å². The zero-order valence-electron chi connectivity index (χ0n) is 11.0. The topological polar surface area (TPSA) is 47.7 Å². The highest BCUT2D eigenvalue weighted by Gasteiger charge is 2.36. The van der Waals surface area contributed by atoms with E-state index in [-0.39, 0.29) is 5.54 Å². The van der Waals surface area contributed by atoms with Crippen molar-refractivity contribution in [1.82, 2.24) is 4.90 Å². The van der Waals surface area contributed by atoms with E-state index in [2.05, 4.69) is 11.9 Å². The molecule has 4 nitrogen and oxygen atoms in total. The van der Waals surface area contributed by atoms with Crippen molar-refractivity contribution in [3.63, 3.8) is 0 Å². The Morgan fingerprint density at radius 2 is 2.12 bits per heavy atom. The molecule has 2 atom stereocenters. The predicted molar refractivity (Wildman–Crippen MR) is 68.0 cm³/mol. The van der Waals surface area contributed by atoms with E-state index < -0.39 is 0 Å². The van der Waals surface area contributed by atoms with Crippen LogP contribution in [-0.4, -0.2) is 57.0 Å². The molecule has 4 heteroatoms. The largest absolute Gasteiger partial charge is 0.381 e. The Bertz CT molecular complexity index is 223. The predicted octanol–water partition coefficient (Wildman–Crippen LogP) is 0.853. The lowest BCUT2D eigenvalue weighted by Crippen LogP contribution is -2.58. The van der Waals surface area contributed by atoms with Crippen LogP contribution in [0.2, 0.25) is 0 Å².